The third kappa shape index (κ3) is 4.89. The van der Waals surface area contributed by atoms with E-state index in [0.717, 1.165) is 11.1 Å². The van der Waals surface area contributed by atoms with Gasteiger partial charge in [0.25, 0.3) is 0 Å². The first-order valence-electron chi connectivity index (χ1n) is 13.6. The van der Waals surface area contributed by atoms with Gasteiger partial charge in [0.2, 0.25) is 12.7 Å². The number of aliphatic hydroxyl groups is 2. The summed E-state index contributed by atoms with van der Waals surface area (Å²) < 4.78 is 27.8. The van der Waals surface area contributed by atoms with Crippen LogP contribution >= 0.6 is 0 Å². The smallest absolute Gasteiger partial charge is 0.339 e. The lowest BCUT2D eigenvalue weighted by Crippen LogP contribution is -2.50. The number of methoxy groups -OCH3 is 2. The zero-order chi connectivity index (χ0) is 28.9. The Morgan fingerprint density at radius 2 is 1.85 bits per heavy atom. The van der Waals surface area contributed by atoms with E-state index in [1.54, 1.807) is 13.8 Å². The molecule has 1 fully saturated rings. The minimum absolute atomic E-state index is 0.00495. The van der Waals surface area contributed by atoms with Gasteiger partial charge in [0, 0.05) is 13.0 Å². The molecular weight excluding hydrogens is 522 g/mol. The van der Waals surface area contributed by atoms with Crippen LogP contribution in [0.4, 0.5) is 0 Å². The Morgan fingerprint density at radius 1 is 1.12 bits per heavy atom. The molecule has 1 aromatic rings. The average Bonchev–Trinajstić information content (AvgIpc) is 3.54. The van der Waals surface area contributed by atoms with E-state index in [4.69, 9.17) is 23.7 Å². The van der Waals surface area contributed by atoms with E-state index in [-0.39, 0.29) is 25.5 Å². The van der Waals surface area contributed by atoms with Gasteiger partial charge in [0.15, 0.2) is 23.2 Å². The molecule has 1 saturated heterocycles. The first-order valence-corrected chi connectivity index (χ1v) is 13.6. The molecule has 5 rings (SSSR count). The Morgan fingerprint density at radius 3 is 2.52 bits per heavy atom. The van der Waals surface area contributed by atoms with Crippen LogP contribution in [0.2, 0.25) is 0 Å². The van der Waals surface area contributed by atoms with Crippen LogP contribution in [0.15, 0.2) is 24.0 Å². The number of hydrogen-bond acceptors (Lipinski definition) is 10. The van der Waals surface area contributed by atoms with Gasteiger partial charge in [0.05, 0.1) is 37.7 Å². The highest BCUT2D eigenvalue weighted by atomic mass is 16.7. The molecule has 3 heterocycles. The molecule has 0 aromatic heterocycles. The maximum atomic E-state index is 13.8. The van der Waals surface area contributed by atoms with E-state index in [0.29, 0.717) is 49.5 Å². The van der Waals surface area contributed by atoms with Crippen LogP contribution in [0, 0.1) is 0 Å². The summed E-state index contributed by atoms with van der Waals surface area (Å²) >= 11 is 0. The van der Waals surface area contributed by atoms with Crippen molar-refractivity contribution in [1.29, 1.82) is 0 Å². The lowest BCUT2D eigenvalue weighted by atomic mass is 9.77. The number of nitrogens with zero attached hydrogens (tertiary/aromatic N) is 1. The van der Waals surface area contributed by atoms with Gasteiger partial charge in [-0.05, 0) is 75.3 Å². The standard InChI is InChI=1S/C29H37NO10/c1-27(2,34)8-5-9-29(35,15-23(32)37-4)26(33)40-25-21(36-3)14-28-10-6-22(31)30(28)11-7-17-12-19-20(39-16-38-19)13-18(17)24(25)28/h12-14,24-25,34-35H,5-11,15-16H2,1-4H3/t24-,25-,28+,29+/m1/s1. The van der Waals surface area contributed by atoms with Crippen LogP contribution in [-0.2, 0) is 35.0 Å². The first kappa shape index (κ1) is 28.2. The van der Waals surface area contributed by atoms with E-state index in [1.165, 1.54) is 14.2 Å². The quantitative estimate of drug-likeness (QED) is 0.432. The summed E-state index contributed by atoms with van der Waals surface area (Å²) in [6.07, 6.45) is 2.12. The second kappa shape index (κ2) is 10.3. The predicted molar refractivity (Wildman–Crippen MR) is 139 cm³/mol. The molecule has 0 radical (unpaired) electrons. The third-order valence-electron chi connectivity index (χ3n) is 8.52. The normalized spacial score (nSPS) is 26.2. The van der Waals surface area contributed by atoms with E-state index in [9.17, 15) is 24.6 Å². The number of carbonyl (C=O) groups excluding carboxylic acids is 3. The molecule has 4 aliphatic rings. The zero-order valence-electron chi connectivity index (χ0n) is 23.4. The van der Waals surface area contributed by atoms with Gasteiger partial charge in [-0.2, -0.15) is 0 Å². The minimum atomic E-state index is -2.19. The molecule has 11 nitrogen and oxygen atoms in total. The summed E-state index contributed by atoms with van der Waals surface area (Å²) in [6.45, 7) is 3.83. The van der Waals surface area contributed by atoms with Crippen molar-refractivity contribution in [2.24, 2.45) is 0 Å². The predicted octanol–water partition coefficient (Wildman–Crippen LogP) is 2.11. The summed E-state index contributed by atoms with van der Waals surface area (Å²) in [7, 11) is 2.65. The lowest BCUT2D eigenvalue weighted by molar-refractivity contribution is -0.178. The molecule has 40 heavy (non-hydrogen) atoms. The fraction of sp³-hybridized carbons (Fsp3) is 0.621. The van der Waals surface area contributed by atoms with Crippen LogP contribution in [0.1, 0.15) is 69.4 Å². The molecular formula is C29H37NO10. The van der Waals surface area contributed by atoms with Gasteiger partial charge < -0.3 is 38.8 Å². The summed E-state index contributed by atoms with van der Waals surface area (Å²) in [4.78, 5) is 40.9. The number of carbonyl (C=O) groups is 3. The molecule has 218 valence electrons. The highest BCUT2D eigenvalue weighted by molar-refractivity contribution is 5.86. The van der Waals surface area contributed by atoms with Crippen LogP contribution in [-0.4, -0.2) is 83.4 Å². The number of fused-ring (bicyclic) bond motifs is 3. The molecule has 1 amide bonds. The number of rotatable bonds is 9. The summed E-state index contributed by atoms with van der Waals surface area (Å²) in [6, 6.07) is 3.79. The first-order chi connectivity index (χ1) is 18.9. The molecule has 11 heteroatoms. The summed E-state index contributed by atoms with van der Waals surface area (Å²) in [5, 5.41) is 21.6. The van der Waals surface area contributed by atoms with Crippen molar-refractivity contribution in [2.45, 2.75) is 87.6 Å². The molecule has 0 bridgehead atoms. The molecule has 0 saturated carbocycles. The molecule has 1 spiro atoms. The largest absolute Gasteiger partial charge is 0.497 e. The van der Waals surface area contributed by atoms with Crippen molar-refractivity contribution >= 4 is 17.8 Å². The number of amides is 1. The lowest BCUT2D eigenvalue weighted by Gasteiger charge is -2.39. The molecule has 2 N–H and O–H groups in total. The summed E-state index contributed by atoms with van der Waals surface area (Å²) in [5.41, 5.74) is -2.22. The highest BCUT2D eigenvalue weighted by Gasteiger charge is 2.61. The second-order valence-corrected chi connectivity index (χ2v) is 11.7. The van der Waals surface area contributed by atoms with E-state index < -0.39 is 47.1 Å². The Hall–Kier alpha value is -3.31. The van der Waals surface area contributed by atoms with Gasteiger partial charge >= 0.3 is 11.9 Å². The van der Waals surface area contributed by atoms with Crippen LogP contribution in [0.5, 0.6) is 11.5 Å². The van der Waals surface area contributed by atoms with Gasteiger partial charge in [-0.3, -0.25) is 9.59 Å². The van der Waals surface area contributed by atoms with Gasteiger partial charge in [-0.15, -0.1) is 0 Å². The van der Waals surface area contributed by atoms with E-state index in [1.807, 2.05) is 23.1 Å². The molecule has 1 aromatic carbocycles. The molecule has 1 aliphatic carbocycles. The van der Waals surface area contributed by atoms with Crippen molar-refractivity contribution in [3.63, 3.8) is 0 Å². The van der Waals surface area contributed by atoms with Crippen LogP contribution < -0.4 is 9.47 Å². The minimum Gasteiger partial charge on any atom is -0.497 e. The maximum Gasteiger partial charge on any atom is 0.339 e. The van der Waals surface area contributed by atoms with E-state index >= 15 is 0 Å². The van der Waals surface area contributed by atoms with Crippen molar-refractivity contribution in [2.75, 3.05) is 27.6 Å². The Balaban J connectivity index is 1.53. The van der Waals surface area contributed by atoms with E-state index in [2.05, 4.69) is 0 Å². The fourth-order valence-corrected chi connectivity index (χ4v) is 6.54. The summed E-state index contributed by atoms with van der Waals surface area (Å²) in [5.74, 6) is -0.757. The highest BCUT2D eigenvalue weighted by Crippen LogP contribution is 2.56. The monoisotopic (exact) mass is 559 g/mol. The topological polar surface area (TPSA) is 141 Å². The van der Waals surface area contributed by atoms with Crippen molar-refractivity contribution in [3.8, 4) is 11.5 Å². The Labute approximate surface area is 233 Å². The van der Waals surface area contributed by atoms with Gasteiger partial charge in [-0.1, -0.05) is 0 Å². The number of esters is 2. The number of benzene rings is 1. The third-order valence-corrected chi connectivity index (χ3v) is 8.52. The average molecular weight is 560 g/mol. The molecule has 0 unspecified atom stereocenters. The number of hydrogen-bond donors (Lipinski definition) is 2. The van der Waals surface area contributed by atoms with Crippen molar-refractivity contribution < 1.29 is 48.3 Å². The maximum absolute atomic E-state index is 13.8. The Kier molecular flexibility index (Phi) is 7.24. The number of ether oxygens (including phenoxy) is 5. The van der Waals surface area contributed by atoms with Gasteiger partial charge in [-0.25, -0.2) is 4.79 Å². The Bertz CT molecular complexity index is 1240. The molecule has 3 aliphatic heterocycles. The van der Waals surface area contributed by atoms with Crippen molar-refractivity contribution in [3.05, 3.63) is 35.1 Å². The fourth-order valence-electron chi connectivity index (χ4n) is 6.54. The van der Waals surface area contributed by atoms with Crippen LogP contribution in [0.25, 0.3) is 0 Å². The van der Waals surface area contributed by atoms with Crippen molar-refractivity contribution in [1.82, 2.24) is 4.90 Å². The second-order valence-electron chi connectivity index (χ2n) is 11.7. The molecule has 4 atom stereocenters. The SMILES string of the molecule is COC(=O)C[C@@](O)(CCCC(C)(C)O)C(=O)O[C@@H]1C(OC)=C[C@]23CCC(=O)N2CCc2cc4c(cc2[C@H]13)OCO4. The van der Waals surface area contributed by atoms with Gasteiger partial charge in [0.1, 0.15) is 5.76 Å². The van der Waals surface area contributed by atoms with Crippen LogP contribution in [0.3, 0.4) is 0 Å². The zero-order valence-corrected chi connectivity index (χ0v) is 23.4.